The van der Waals surface area contributed by atoms with Crippen molar-refractivity contribution in [3.05, 3.63) is 41.2 Å². The number of carboxylic acids is 1. The molecule has 0 atom stereocenters. The quantitative estimate of drug-likeness (QED) is 0.852. The summed E-state index contributed by atoms with van der Waals surface area (Å²) in [5, 5.41) is 26.7. The number of hydrogen-bond donors (Lipinski definition) is 2. The van der Waals surface area contributed by atoms with Crippen molar-refractivity contribution >= 4 is 5.97 Å². The standard InChI is InChI=1S/C15H19N3O3/c1-3-10(4-2)14-13(9-19)16-17-18(14)12-7-5-6-11(8-12)15(20)21/h5-8,10,19H,3-4,9H2,1-2H3,(H,20,21). The molecular formula is C15H19N3O3. The molecule has 2 N–H and O–H groups in total. The first-order valence-electron chi connectivity index (χ1n) is 7.01. The van der Waals surface area contributed by atoms with Crippen molar-refractivity contribution in [3.63, 3.8) is 0 Å². The summed E-state index contributed by atoms with van der Waals surface area (Å²) in [5.41, 5.74) is 2.24. The number of rotatable bonds is 6. The van der Waals surface area contributed by atoms with Crippen molar-refractivity contribution in [1.29, 1.82) is 0 Å². The van der Waals surface area contributed by atoms with Gasteiger partial charge in [-0.05, 0) is 31.0 Å². The Morgan fingerprint density at radius 3 is 2.62 bits per heavy atom. The summed E-state index contributed by atoms with van der Waals surface area (Å²) in [4.78, 5) is 11.1. The molecule has 0 radical (unpaired) electrons. The average Bonchev–Trinajstić information content (AvgIpc) is 2.92. The van der Waals surface area contributed by atoms with Crippen molar-refractivity contribution in [3.8, 4) is 5.69 Å². The van der Waals surface area contributed by atoms with E-state index in [9.17, 15) is 9.90 Å². The molecule has 0 saturated carbocycles. The van der Waals surface area contributed by atoms with Gasteiger partial charge in [0.2, 0.25) is 0 Å². The fourth-order valence-corrected chi connectivity index (χ4v) is 2.48. The Labute approximate surface area is 123 Å². The number of aliphatic hydroxyl groups is 1. The fraction of sp³-hybridized carbons (Fsp3) is 0.400. The molecule has 6 nitrogen and oxygen atoms in total. The predicted molar refractivity (Wildman–Crippen MR) is 77.6 cm³/mol. The molecule has 0 saturated heterocycles. The second-order valence-electron chi connectivity index (χ2n) is 4.86. The largest absolute Gasteiger partial charge is 0.478 e. The maximum Gasteiger partial charge on any atom is 0.335 e. The maximum atomic E-state index is 11.1. The second kappa shape index (κ2) is 6.49. The molecule has 2 aromatic rings. The highest BCUT2D eigenvalue weighted by atomic mass is 16.4. The topological polar surface area (TPSA) is 88.2 Å². The van der Waals surface area contributed by atoms with Gasteiger partial charge in [0.05, 0.1) is 23.6 Å². The van der Waals surface area contributed by atoms with Crippen LogP contribution < -0.4 is 0 Å². The lowest BCUT2D eigenvalue weighted by Crippen LogP contribution is -2.10. The molecule has 0 bridgehead atoms. The minimum Gasteiger partial charge on any atom is -0.478 e. The third-order valence-electron chi connectivity index (χ3n) is 3.64. The van der Waals surface area contributed by atoms with E-state index in [4.69, 9.17) is 5.11 Å². The van der Waals surface area contributed by atoms with Gasteiger partial charge in [-0.25, -0.2) is 9.48 Å². The zero-order chi connectivity index (χ0) is 15.4. The first-order valence-corrected chi connectivity index (χ1v) is 7.01. The van der Waals surface area contributed by atoms with Crippen molar-refractivity contribution < 1.29 is 15.0 Å². The summed E-state index contributed by atoms with van der Waals surface area (Å²) < 4.78 is 1.63. The van der Waals surface area contributed by atoms with E-state index in [2.05, 4.69) is 24.2 Å². The van der Waals surface area contributed by atoms with Crippen molar-refractivity contribution in [2.24, 2.45) is 0 Å². The molecule has 0 aliphatic heterocycles. The predicted octanol–water partition coefficient (Wildman–Crippen LogP) is 2.36. The molecule has 1 aromatic carbocycles. The van der Waals surface area contributed by atoms with Crippen LogP contribution in [0.4, 0.5) is 0 Å². The highest BCUT2D eigenvalue weighted by Crippen LogP contribution is 2.27. The van der Waals surface area contributed by atoms with E-state index in [0.29, 0.717) is 11.4 Å². The molecule has 0 spiro atoms. The van der Waals surface area contributed by atoms with Crippen LogP contribution in [0.25, 0.3) is 5.69 Å². The van der Waals surface area contributed by atoms with Crippen molar-refractivity contribution in [2.75, 3.05) is 0 Å². The number of carbonyl (C=O) groups is 1. The molecule has 0 aliphatic carbocycles. The van der Waals surface area contributed by atoms with Crippen LogP contribution in [0, 0.1) is 0 Å². The van der Waals surface area contributed by atoms with E-state index >= 15 is 0 Å². The minimum atomic E-state index is -0.983. The Bertz CT molecular complexity index is 633. The average molecular weight is 289 g/mol. The van der Waals surface area contributed by atoms with E-state index in [0.717, 1.165) is 18.5 Å². The van der Waals surface area contributed by atoms with E-state index in [1.165, 1.54) is 6.07 Å². The van der Waals surface area contributed by atoms with Gasteiger partial charge in [-0.1, -0.05) is 25.1 Å². The Morgan fingerprint density at radius 1 is 1.33 bits per heavy atom. The van der Waals surface area contributed by atoms with Gasteiger partial charge in [-0.3, -0.25) is 0 Å². The van der Waals surface area contributed by atoms with Crippen LogP contribution in [0.1, 0.15) is 54.4 Å². The summed E-state index contributed by atoms with van der Waals surface area (Å²) >= 11 is 0. The molecule has 0 amide bonds. The summed E-state index contributed by atoms with van der Waals surface area (Å²) in [6.07, 6.45) is 1.80. The van der Waals surface area contributed by atoms with Gasteiger partial charge in [0.1, 0.15) is 5.69 Å². The number of nitrogens with zero attached hydrogens (tertiary/aromatic N) is 3. The smallest absolute Gasteiger partial charge is 0.335 e. The molecule has 112 valence electrons. The number of benzene rings is 1. The zero-order valence-corrected chi connectivity index (χ0v) is 12.2. The zero-order valence-electron chi connectivity index (χ0n) is 12.2. The Balaban J connectivity index is 2.56. The lowest BCUT2D eigenvalue weighted by Gasteiger charge is -2.15. The van der Waals surface area contributed by atoms with Gasteiger partial charge >= 0.3 is 5.97 Å². The Hall–Kier alpha value is -2.21. The minimum absolute atomic E-state index is 0.176. The first kappa shape index (κ1) is 15.2. The third-order valence-corrected chi connectivity index (χ3v) is 3.64. The van der Waals surface area contributed by atoms with E-state index < -0.39 is 5.97 Å². The highest BCUT2D eigenvalue weighted by molar-refractivity contribution is 5.88. The van der Waals surface area contributed by atoms with Gasteiger partial charge in [-0.15, -0.1) is 5.10 Å². The SMILES string of the molecule is CCC(CC)c1c(CO)nnn1-c1cccc(C(=O)O)c1. The van der Waals surface area contributed by atoms with Crippen LogP contribution in [0.3, 0.4) is 0 Å². The number of carboxylic acid groups (broad SMARTS) is 1. The normalized spacial score (nSPS) is 11.0. The van der Waals surface area contributed by atoms with Crippen molar-refractivity contribution in [1.82, 2.24) is 15.0 Å². The lowest BCUT2D eigenvalue weighted by molar-refractivity contribution is 0.0697. The third kappa shape index (κ3) is 2.95. The Morgan fingerprint density at radius 2 is 2.05 bits per heavy atom. The summed E-state index contributed by atoms with van der Waals surface area (Å²) in [6, 6.07) is 6.56. The number of aromatic carboxylic acids is 1. The molecule has 2 rings (SSSR count). The molecule has 1 aromatic heterocycles. The summed E-state index contributed by atoms with van der Waals surface area (Å²) in [6.45, 7) is 3.96. The number of aliphatic hydroxyl groups excluding tert-OH is 1. The molecule has 0 unspecified atom stereocenters. The summed E-state index contributed by atoms with van der Waals surface area (Å²) in [7, 11) is 0. The van der Waals surface area contributed by atoms with Gasteiger partial charge in [0.25, 0.3) is 0 Å². The van der Waals surface area contributed by atoms with Gasteiger partial charge in [0.15, 0.2) is 0 Å². The van der Waals surface area contributed by atoms with Crippen LogP contribution in [0.15, 0.2) is 24.3 Å². The molecule has 0 aliphatic rings. The van der Waals surface area contributed by atoms with E-state index in [1.54, 1.807) is 22.9 Å². The Kier molecular flexibility index (Phi) is 4.70. The number of hydrogen-bond acceptors (Lipinski definition) is 4. The molecule has 6 heteroatoms. The van der Waals surface area contributed by atoms with Crippen LogP contribution in [-0.2, 0) is 6.61 Å². The lowest BCUT2D eigenvalue weighted by atomic mass is 9.97. The highest BCUT2D eigenvalue weighted by Gasteiger charge is 2.21. The second-order valence-corrected chi connectivity index (χ2v) is 4.86. The molecular weight excluding hydrogens is 270 g/mol. The van der Waals surface area contributed by atoms with Gasteiger partial charge < -0.3 is 10.2 Å². The van der Waals surface area contributed by atoms with Gasteiger partial charge in [0, 0.05) is 5.92 Å². The molecule has 1 heterocycles. The van der Waals surface area contributed by atoms with Gasteiger partial charge in [-0.2, -0.15) is 0 Å². The monoisotopic (exact) mass is 289 g/mol. The van der Waals surface area contributed by atoms with Crippen LogP contribution in [0.5, 0.6) is 0 Å². The van der Waals surface area contributed by atoms with E-state index in [1.807, 2.05) is 0 Å². The van der Waals surface area contributed by atoms with Crippen LogP contribution >= 0.6 is 0 Å². The summed E-state index contributed by atoms with van der Waals surface area (Å²) in [5.74, 6) is -0.765. The molecule has 21 heavy (non-hydrogen) atoms. The first-order chi connectivity index (χ1) is 10.1. The number of aromatic nitrogens is 3. The molecule has 0 fully saturated rings. The van der Waals surface area contributed by atoms with Crippen molar-refractivity contribution in [2.45, 2.75) is 39.2 Å². The van der Waals surface area contributed by atoms with Crippen LogP contribution in [0.2, 0.25) is 0 Å². The fourth-order valence-electron chi connectivity index (χ4n) is 2.48. The van der Waals surface area contributed by atoms with Crippen LogP contribution in [-0.4, -0.2) is 31.2 Å². The maximum absolute atomic E-state index is 11.1. The van der Waals surface area contributed by atoms with E-state index in [-0.39, 0.29) is 18.1 Å².